The lowest BCUT2D eigenvalue weighted by Crippen LogP contribution is -2.46. The van der Waals surface area contributed by atoms with Crippen LogP contribution in [0.1, 0.15) is 20.3 Å². The fraction of sp³-hybridized carbons (Fsp3) is 0.583. The second-order valence-corrected chi connectivity index (χ2v) is 4.82. The number of nitrogens with one attached hydrogen (secondary N) is 1. The molecule has 0 bridgehead atoms. The van der Waals surface area contributed by atoms with E-state index >= 15 is 0 Å². The Hall–Kier alpha value is -1.13. The van der Waals surface area contributed by atoms with E-state index in [0.29, 0.717) is 6.04 Å². The molecule has 1 aromatic rings. The lowest BCUT2D eigenvalue weighted by molar-refractivity contribution is 0.0335. The number of aliphatic hydroxyl groups is 1. The minimum atomic E-state index is -0.801. The van der Waals surface area contributed by atoms with Crippen molar-refractivity contribution in [3.63, 3.8) is 0 Å². The summed E-state index contributed by atoms with van der Waals surface area (Å²) in [4.78, 5) is 6.57. The van der Waals surface area contributed by atoms with Crippen molar-refractivity contribution in [1.29, 1.82) is 0 Å². The highest BCUT2D eigenvalue weighted by Crippen LogP contribution is 2.18. The van der Waals surface area contributed by atoms with E-state index in [1.807, 2.05) is 24.4 Å². The molecule has 16 heavy (non-hydrogen) atoms. The zero-order valence-corrected chi connectivity index (χ0v) is 9.85. The molecule has 0 radical (unpaired) electrons. The third kappa shape index (κ3) is 2.93. The molecule has 1 atom stereocenters. The van der Waals surface area contributed by atoms with E-state index in [0.717, 1.165) is 25.3 Å². The van der Waals surface area contributed by atoms with Gasteiger partial charge in [-0.25, -0.2) is 4.98 Å². The molecular weight excluding hydrogens is 202 g/mol. The number of hydrogen-bond acceptors (Lipinski definition) is 4. The van der Waals surface area contributed by atoms with Crippen LogP contribution in [0.4, 0.5) is 5.82 Å². The summed E-state index contributed by atoms with van der Waals surface area (Å²) >= 11 is 0. The van der Waals surface area contributed by atoms with Gasteiger partial charge in [-0.2, -0.15) is 0 Å². The molecule has 0 aromatic carbocycles. The first-order valence-electron chi connectivity index (χ1n) is 5.71. The first-order chi connectivity index (χ1) is 7.54. The van der Waals surface area contributed by atoms with E-state index in [1.54, 1.807) is 13.8 Å². The summed E-state index contributed by atoms with van der Waals surface area (Å²) in [6.07, 6.45) is 2.85. The highest BCUT2D eigenvalue weighted by atomic mass is 16.3. The van der Waals surface area contributed by atoms with Crippen molar-refractivity contribution in [2.75, 3.05) is 18.0 Å². The fourth-order valence-corrected chi connectivity index (χ4v) is 2.13. The van der Waals surface area contributed by atoms with Crippen LogP contribution in [0.2, 0.25) is 0 Å². The summed E-state index contributed by atoms with van der Waals surface area (Å²) in [7, 11) is 0. The number of pyridine rings is 1. The maximum Gasteiger partial charge on any atom is 0.128 e. The molecule has 88 valence electrons. The van der Waals surface area contributed by atoms with Gasteiger partial charge in [0.1, 0.15) is 11.5 Å². The molecule has 2 heterocycles. The van der Waals surface area contributed by atoms with Crippen LogP contribution in [0.25, 0.3) is 0 Å². The third-order valence-electron chi connectivity index (χ3n) is 2.72. The summed E-state index contributed by atoms with van der Waals surface area (Å²) < 4.78 is 0. The van der Waals surface area contributed by atoms with Gasteiger partial charge in [0, 0.05) is 25.3 Å². The van der Waals surface area contributed by atoms with E-state index in [1.165, 1.54) is 0 Å². The van der Waals surface area contributed by atoms with Crippen molar-refractivity contribution in [3.8, 4) is 0 Å². The molecule has 4 heteroatoms. The highest BCUT2D eigenvalue weighted by Gasteiger charge is 2.27. The Morgan fingerprint density at radius 3 is 2.94 bits per heavy atom. The summed E-state index contributed by atoms with van der Waals surface area (Å²) in [5.41, 5.74) is -0.801. The summed E-state index contributed by atoms with van der Waals surface area (Å²) in [6, 6.07) is 6.28. The number of nitrogens with zero attached hydrogens (tertiary/aromatic N) is 2. The summed E-state index contributed by atoms with van der Waals surface area (Å²) in [5, 5.41) is 12.9. The SMILES string of the molecule is CC(C)(O)NC1CCN(c2ccccn2)C1. The van der Waals surface area contributed by atoms with Crippen molar-refractivity contribution in [2.45, 2.75) is 32.0 Å². The van der Waals surface area contributed by atoms with Crippen LogP contribution in [0.15, 0.2) is 24.4 Å². The molecule has 1 aliphatic heterocycles. The molecule has 0 amide bonds. The maximum atomic E-state index is 9.69. The first-order valence-corrected chi connectivity index (χ1v) is 5.71. The van der Waals surface area contributed by atoms with E-state index in [4.69, 9.17) is 0 Å². The predicted molar refractivity (Wildman–Crippen MR) is 64.3 cm³/mol. The Morgan fingerprint density at radius 1 is 1.50 bits per heavy atom. The number of aromatic nitrogens is 1. The van der Waals surface area contributed by atoms with Gasteiger partial charge in [0.15, 0.2) is 0 Å². The summed E-state index contributed by atoms with van der Waals surface area (Å²) in [5.74, 6) is 1.02. The molecule has 2 rings (SSSR count). The standard InChI is InChI=1S/C12H19N3O/c1-12(2,16)14-10-6-8-15(9-10)11-5-3-4-7-13-11/h3-5,7,10,14,16H,6,8-9H2,1-2H3. The van der Waals surface area contributed by atoms with Crippen molar-refractivity contribution in [2.24, 2.45) is 0 Å². The van der Waals surface area contributed by atoms with Crippen molar-refractivity contribution < 1.29 is 5.11 Å². The third-order valence-corrected chi connectivity index (χ3v) is 2.72. The molecule has 0 spiro atoms. The molecule has 1 aromatic heterocycles. The van der Waals surface area contributed by atoms with Gasteiger partial charge < -0.3 is 10.0 Å². The Kier molecular flexibility index (Phi) is 3.12. The molecule has 1 aliphatic rings. The highest BCUT2D eigenvalue weighted by molar-refractivity contribution is 5.39. The second kappa shape index (κ2) is 4.39. The van der Waals surface area contributed by atoms with Gasteiger partial charge in [-0.1, -0.05) is 6.07 Å². The van der Waals surface area contributed by atoms with Gasteiger partial charge in [-0.15, -0.1) is 0 Å². The quantitative estimate of drug-likeness (QED) is 0.747. The predicted octanol–water partition coefficient (Wildman–Crippen LogP) is 0.978. The minimum absolute atomic E-state index is 0.335. The fourth-order valence-electron chi connectivity index (χ4n) is 2.13. The largest absolute Gasteiger partial charge is 0.376 e. The van der Waals surface area contributed by atoms with Gasteiger partial charge in [0.2, 0.25) is 0 Å². The van der Waals surface area contributed by atoms with E-state index in [9.17, 15) is 5.11 Å². The lowest BCUT2D eigenvalue weighted by Gasteiger charge is -2.24. The van der Waals surface area contributed by atoms with E-state index in [2.05, 4.69) is 15.2 Å². The molecule has 0 saturated carbocycles. The van der Waals surface area contributed by atoms with E-state index < -0.39 is 5.72 Å². The Bertz CT molecular complexity index is 334. The lowest BCUT2D eigenvalue weighted by atomic mass is 10.2. The van der Waals surface area contributed by atoms with Crippen molar-refractivity contribution in [3.05, 3.63) is 24.4 Å². The Labute approximate surface area is 96.3 Å². The smallest absolute Gasteiger partial charge is 0.128 e. The normalized spacial score (nSPS) is 21.4. The van der Waals surface area contributed by atoms with Crippen LogP contribution in [-0.2, 0) is 0 Å². The monoisotopic (exact) mass is 221 g/mol. The average Bonchev–Trinajstić information content (AvgIpc) is 2.65. The Morgan fingerprint density at radius 2 is 2.31 bits per heavy atom. The van der Waals surface area contributed by atoms with Crippen LogP contribution in [0.3, 0.4) is 0 Å². The van der Waals surface area contributed by atoms with Crippen molar-refractivity contribution >= 4 is 5.82 Å². The van der Waals surface area contributed by atoms with Crippen LogP contribution in [-0.4, -0.2) is 34.9 Å². The number of rotatable bonds is 3. The van der Waals surface area contributed by atoms with Crippen LogP contribution < -0.4 is 10.2 Å². The Balaban J connectivity index is 1.94. The van der Waals surface area contributed by atoms with Gasteiger partial charge in [-0.3, -0.25) is 5.32 Å². The molecule has 1 fully saturated rings. The van der Waals surface area contributed by atoms with Crippen molar-refractivity contribution in [1.82, 2.24) is 10.3 Å². The molecular formula is C12H19N3O. The maximum absolute atomic E-state index is 9.69. The van der Waals surface area contributed by atoms with Crippen LogP contribution in [0, 0.1) is 0 Å². The van der Waals surface area contributed by atoms with Gasteiger partial charge in [0.05, 0.1) is 0 Å². The van der Waals surface area contributed by atoms with Crippen LogP contribution >= 0.6 is 0 Å². The minimum Gasteiger partial charge on any atom is -0.376 e. The second-order valence-electron chi connectivity index (χ2n) is 4.82. The van der Waals surface area contributed by atoms with Gasteiger partial charge in [-0.05, 0) is 32.4 Å². The topological polar surface area (TPSA) is 48.4 Å². The number of anilines is 1. The average molecular weight is 221 g/mol. The molecule has 2 N–H and O–H groups in total. The summed E-state index contributed by atoms with van der Waals surface area (Å²) in [6.45, 7) is 5.44. The zero-order chi connectivity index (χ0) is 11.6. The number of hydrogen-bond donors (Lipinski definition) is 2. The molecule has 1 unspecified atom stereocenters. The molecule has 4 nitrogen and oxygen atoms in total. The molecule has 0 aliphatic carbocycles. The van der Waals surface area contributed by atoms with Crippen LogP contribution in [0.5, 0.6) is 0 Å². The zero-order valence-electron chi connectivity index (χ0n) is 9.85. The van der Waals surface area contributed by atoms with Gasteiger partial charge >= 0.3 is 0 Å². The molecule has 1 saturated heterocycles. The van der Waals surface area contributed by atoms with E-state index in [-0.39, 0.29) is 0 Å². The first kappa shape index (κ1) is 11.4. The van der Waals surface area contributed by atoms with Gasteiger partial charge in [0.25, 0.3) is 0 Å².